The Hall–Kier alpha value is -2.10. The normalized spacial score (nSPS) is 10.3. The number of carbonyl (C=O) groups is 2. The molecular weight excluding hydrogens is 204 g/mol. The van der Waals surface area contributed by atoms with Gasteiger partial charge in [0.05, 0.1) is 0 Å². The van der Waals surface area contributed by atoms with E-state index in [0.29, 0.717) is 12.1 Å². The van der Waals surface area contributed by atoms with E-state index in [4.69, 9.17) is 0 Å². The van der Waals surface area contributed by atoms with Crippen molar-refractivity contribution in [2.45, 2.75) is 13.5 Å². The molecule has 82 valence electrons. The standard InChI is InChI=1S/C12H12N2O2/c1-8(16)13-5-9-3-2-4-11-12(9)10(7-15)6-14-11/h2-4,6-7,14H,5H2,1H3,(H,13,16). The van der Waals surface area contributed by atoms with Gasteiger partial charge in [-0.05, 0) is 11.6 Å². The summed E-state index contributed by atoms with van der Waals surface area (Å²) >= 11 is 0. The summed E-state index contributed by atoms with van der Waals surface area (Å²) in [5, 5.41) is 3.61. The van der Waals surface area contributed by atoms with Crippen LogP contribution in [0.3, 0.4) is 0 Å². The molecule has 0 saturated heterocycles. The van der Waals surface area contributed by atoms with E-state index in [0.717, 1.165) is 22.8 Å². The SMILES string of the molecule is CC(=O)NCc1cccc2[nH]cc(C=O)c12. The number of rotatable bonds is 3. The summed E-state index contributed by atoms with van der Waals surface area (Å²) in [6.07, 6.45) is 2.49. The van der Waals surface area contributed by atoms with E-state index in [1.165, 1.54) is 6.92 Å². The van der Waals surface area contributed by atoms with Crippen molar-refractivity contribution in [3.8, 4) is 0 Å². The second-order valence-corrected chi connectivity index (χ2v) is 3.61. The van der Waals surface area contributed by atoms with Gasteiger partial charge < -0.3 is 10.3 Å². The Labute approximate surface area is 92.7 Å². The first-order valence-electron chi connectivity index (χ1n) is 5.01. The molecule has 1 aromatic carbocycles. The van der Waals surface area contributed by atoms with Crippen LogP contribution in [0.25, 0.3) is 10.9 Å². The van der Waals surface area contributed by atoms with Gasteiger partial charge in [-0.2, -0.15) is 0 Å². The molecule has 4 nitrogen and oxygen atoms in total. The highest BCUT2D eigenvalue weighted by Gasteiger charge is 2.07. The lowest BCUT2D eigenvalue weighted by Gasteiger charge is -2.04. The molecule has 0 saturated carbocycles. The average molecular weight is 216 g/mol. The number of H-pyrrole nitrogens is 1. The molecule has 0 atom stereocenters. The van der Waals surface area contributed by atoms with E-state index in [9.17, 15) is 9.59 Å². The van der Waals surface area contributed by atoms with Gasteiger partial charge in [-0.1, -0.05) is 12.1 Å². The summed E-state index contributed by atoms with van der Waals surface area (Å²) in [5.74, 6) is -0.0832. The maximum absolute atomic E-state index is 10.9. The zero-order valence-electron chi connectivity index (χ0n) is 8.91. The predicted molar refractivity (Wildman–Crippen MR) is 61.2 cm³/mol. The molecule has 0 fully saturated rings. The number of benzene rings is 1. The molecule has 4 heteroatoms. The van der Waals surface area contributed by atoms with Crippen LogP contribution in [0.4, 0.5) is 0 Å². The fourth-order valence-electron chi connectivity index (χ4n) is 1.75. The van der Waals surface area contributed by atoms with Crippen molar-refractivity contribution in [2.24, 2.45) is 0 Å². The van der Waals surface area contributed by atoms with Gasteiger partial charge in [-0.3, -0.25) is 9.59 Å². The molecule has 2 rings (SSSR count). The van der Waals surface area contributed by atoms with E-state index in [2.05, 4.69) is 10.3 Å². The number of aromatic nitrogens is 1. The van der Waals surface area contributed by atoms with Crippen LogP contribution in [0, 0.1) is 0 Å². The number of hydrogen-bond acceptors (Lipinski definition) is 2. The van der Waals surface area contributed by atoms with E-state index >= 15 is 0 Å². The number of nitrogens with one attached hydrogen (secondary N) is 2. The van der Waals surface area contributed by atoms with Crippen molar-refractivity contribution in [1.82, 2.24) is 10.3 Å². The average Bonchev–Trinajstić information content (AvgIpc) is 2.69. The van der Waals surface area contributed by atoms with E-state index in [1.54, 1.807) is 6.20 Å². The first kappa shape index (κ1) is 10.4. The summed E-state index contributed by atoms with van der Waals surface area (Å²) in [4.78, 5) is 24.7. The van der Waals surface area contributed by atoms with Crippen molar-refractivity contribution in [3.05, 3.63) is 35.5 Å². The third-order valence-corrected chi connectivity index (χ3v) is 2.48. The molecule has 16 heavy (non-hydrogen) atoms. The Balaban J connectivity index is 2.46. The van der Waals surface area contributed by atoms with Crippen molar-refractivity contribution < 1.29 is 9.59 Å². The Morgan fingerprint density at radius 1 is 1.50 bits per heavy atom. The molecule has 1 heterocycles. The molecule has 0 aliphatic rings. The topological polar surface area (TPSA) is 62.0 Å². The van der Waals surface area contributed by atoms with Crippen molar-refractivity contribution in [1.29, 1.82) is 0 Å². The molecule has 1 amide bonds. The van der Waals surface area contributed by atoms with Gasteiger partial charge in [0.1, 0.15) is 0 Å². The highest BCUT2D eigenvalue weighted by atomic mass is 16.1. The Kier molecular flexibility index (Phi) is 2.72. The minimum Gasteiger partial charge on any atom is -0.360 e. The van der Waals surface area contributed by atoms with Gasteiger partial charge >= 0.3 is 0 Å². The lowest BCUT2D eigenvalue weighted by molar-refractivity contribution is -0.119. The highest BCUT2D eigenvalue weighted by Crippen LogP contribution is 2.21. The van der Waals surface area contributed by atoms with Crippen LogP contribution in [0.2, 0.25) is 0 Å². The van der Waals surface area contributed by atoms with E-state index < -0.39 is 0 Å². The van der Waals surface area contributed by atoms with Crippen LogP contribution in [0.1, 0.15) is 22.8 Å². The zero-order valence-corrected chi connectivity index (χ0v) is 8.91. The molecule has 2 aromatic rings. The maximum Gasteiger partial charge on any atom is 0.217 e. The Morgan fingerprint density at radius 2 is 2.31 bits per heavy atom. The third-order valence-electron chi connectivity index (χ3n) is 2.48. The smallest absolute Gasteiger partial charge is 0.217 e. The van der Waals surface area contributed by atoms with Gasteiger partial charge in [0.2, 0.25) is 5.91 Å². The summed E-state index contributed by atoms with van der Waals surface area (Å²) < 4.78 is 0. The molecule has 0 radical (unpaired) electrons. The van der Waals surface area contributed by atoms with E-state index in [1.807, 2.05) is 18.2 Å². The molecule has 0 aliphatic carbocycles. The Morgan fingerprint density at radius 3 is 3.00 bits per heavy atom. The second kappa shape index (κ2) is 4.18. The monoisotopic (exact) mass is 216 g/mol. The first-order valence-corrected chi connectivity index (χ1v) is 5.01. The van der Waals surface area contributed by atoms with Crippen LogP contribution in [-0.4, -0.2) is 17.2 Å². The molecule has 0 aliphatic heterocycles. The fraction of sp³-hybridized carbons (Fsp3) is 0.167. The Bertz CT molecular complexity index is 543. The van der Waals surface area contributed by atoms with Crippen molar-refractivity contribution in [3.63, 3.8) is 0 Å². The van der Waals surface area contributed by atoms with Crippen LogP contribution in [-0.2, 0) is 11.3 Å². The third kappa shape index (κ3) is 1.82. The molecule has 0 spiro atoms. The number of aromatic amines is 1. The molecule has 0 bridgehead atoms. The summed E-state index contributed by atoms with van der Waals surface area (Å²) in [5.41, 5.74) is 2.47. The number of hydrogen-bond donors (Lipinski definition) is 2. The van der Waals surface area contributed by atoms with Gasteiger partial charge in [-0.25, -0.2) is 0 Å². The van der Waals surface area contributed by atoms with Crippen LogP contribution in [0.5, 0.6) is 0 Å². The lowest BCUT2D eigenvalue weighted by atomic mass is 10.1. The minimum atomic E-state index is -0.0832. The van der Waals surface area contributed by atoms with Crippen LogP contribution >= 0.6 is 0 Å². The number of fused-ring (bicyclic) bond motifs is 1. The number of amides is 1. The van der Waals surface area contributed by atoms with Gasteiger partial charge in [0, 0.05) is 36.1 Å². The summed E-state index contributed by atoms with van der Waals surface area (Å²) in [7, 11) is 0. The predicted octanol–water partition coefficient (Wildman–Crippen LogP) is 1.62. The molecule has 0 unspecified atom stereocenters. The molecular formula is C12H12N2O2. The van der Waals surface area contributed by atoms with Gasteiger partial charge in [0.15, 0.2) is 6.29 Å². The first-order chi connectivity index (χ1) is 7.72. The second-order valence-electron chi connectivity index (χ2n) is 3.61. The van der Waals surface area contributed by atoms with Gasteiger partial charge in [0.25, 0.3) is 0 Å². The van der Waals surface area contributed by atoms with Crippen LogP contribution in [0.15, 0.2) is 24.4 Å². The number of carbonyl (C=O) groups excluding carboxylic acids is 2. The summed E-state index contributed by atoms with van der Waals surface area (Å²) in [6.45, 7) is 1.91. The summed E-state index contributed by atoms with van der Waals surface area (Å²) in [6, 6.07) is 5.70. The minimum absolute atomic E-state index is 0.0832. The molecule has 1 aromatic heterocycles. The maximum atomic E-state index is 10.9. The quantitative estimate of drug-likeness (QED) is 0.766. The lowest BCUT2D eigenvalue weighted by Crippen LogP contribution is -2.19. The van der Waals surface area contributed by atoms with Crippen LogP contribution < -0.4 is 5.32 Å². The zero-order chi connectivity index (χ0) is 11.5. The number of aldehydes is 1. The van der Waals surface area contributed by atoms with E-state index in [-0.39, 0.29) is 5.91 Å². The fourth-order valence-corrected chi connectivity index (χ4v) is 1.75. The van der Waals surface area contributed by atoms with Crippen molar-refractivity contribution in [2.75, 3.05) is 0 Å². The largest absolute Gasteiger partial charge is 0.360 e. The highest BCUT2D eigenvalue weighted by molar-refractivity contribution is 5.99. The van der Waals surface area contributed by atoms with Gasteiger partial charge in [-0.15, -0.1) is 0 Å². The molecule has 2 N–H and O–H groups in total. The van der Waals surface area contributed by atoms with Crippen molar-refractivity contribution >= 4 is 23.1 Å².